The van der Waals surface area contributed by atoms with Gasteiger partial charge in [-0.1, -0.05) is 12.1 Å². The van der Waals surface area contributed by atoms with Crippen LogP contribution < -0.4 is 20.5 Å². The molecular formula is C25H21F3N4O5. The van der Waals surface area contributed by atoms with Gasteiger partial charge in [-0.2, -0.15) is 0 Å². The van der Waals surface area contributed by atoms with Crippen molar-refractivity contribution in [1.82, 2.24) is 19.4 Å². The van der Waals surface area contributed by atoms with Gasteiger partial charge in [-0.15, -0.1) is 13.2 Å². The van der Waals surface area contributed by atoms with Gasteiger partial charge in [0.25, 0.3) is 5.91 Å². The quantitative estimate of drug-likeness (QED) is 0.372. The minimum Gasteiger partial charge on any atom is -0.497 e. The van der Waals surface area contributed by atoms with Crippen molar-refractivity contribution in [3.63, 3.8) is 0 Å². The number of hydrogen-bond donors (Lipinski definition) is 2. The third kappa shape index (κ3) is 6.28. The fourth-order valence-electron chi connectivity index (χ4n) is 3.54. The Morgan fingerprint density at radius 2 is 1.70 bits per heavy atom. The largest absolute Gasteiger partial charge is 0.573 e. The van der Waals surface area contributed by atoms with Gasteiger partial charge in [-0.05, 0) is 59.7 Å². The maximum Gasteiger partial charge on any atom is 0.573 e. The lowest BCUT2D eigenvalue weighted by atomic mass is 10.2. The number of imidazole rings is 1. The van der Waals surface area contributed by atoms with Crippen LogP contribution in [0.4, 0.5) is 13.2 Å². The minimum absolute atomic E-state index is 0.00986. The van der Waals surface area contributed by atoms with Crippen LogP contribution >= 0.6 is 0 Å². The first-order chi connectivity index (χ1) is 17.6. The van der Waals surface area contributed by atoms with Gasteiger partial charge < -0.3 is 19.9 Å². The summed E-state index contributed by atoms with van der Waals surface area (Å²) in [7, 11) is 1.56. The van der Waals surface area contributed by atoms with Gasteiger partial charge in [0.15, 0.2) is 0 Å². The van der Waals surface area contributed by atoms with Gasteiger partial charge in [0.05, 0.1) is 25.5 Å². The summed E-state index contributed by atoms with van der Waals surface area (Å²) in [5.41, 5.74) is 1.08. The van der Waals surface area contributed by atoms with E-state index in [4.69, 9.17) is 4.74 Å². The number of benzene rings is 2. The highest BCUT2D eigenvalue weighted by atomic mass is 19.4. The monoisotopic (exact) mass is 514 g/mol. The van der Waals surface area contributed by atoms with Gasteiger partial charge in [-0.3, -0.25) is 14.3 Å². The second kappa shape index (κ2) is 10.5. The zero-order valence-corrected chi connectivity index (χ0v) is 19.4. The van der Waals surface area contributed by atoms with E-state index in [9.17, 15) is 27.9 Å². The van der Waals surface area contributed by atoms with E-state index in [1.807, 2.05) is 12.1 Å². The first-order valence-corrected chi connectivity index (χ1v) is 10.9. The number of carbonyl (C=O) groups excluding carboxylic acids is 1. The van der Waals surface area contributed by atoms with Gasteiger partial charge in [0.2, 0.25) is 5.88 Å². The molecule has 0 atom stereocenters. The summed E-state index contributed by atoms with van der Waals surface area (Å²) in [4.78, 5) is 29.5. The van der Waals surface area contributed by atoms with Crippen molar-refractivity contribution in [2.75, 3.05) is 7.11 Å². The van der Waals surface area contributed by atoms with Crippen LogP contribution in [-0.2, 0) is 13.1 Å². The summed E-state index contributed by atoms with van der Waals surface area (Å²) < 4.78 is 48.2. The smallest absolute Gasteiger partial charge is 0.497 e. The number of aromatic hydroxyl groups is 1. The molecule has 0 unspecified atom stereocenters. The number of methoxy groups -OCH3 is 1. The molecule has 2 N–H and O–H groups in total. The molecule has 0 bridgehead atoms. The standard InChI is InChI=1S/C25H21F3N4O5/c1-36-19-6-2-16(3-7-19)13-30-23(34)21-12-17(10-11-29-21)14-31-15-22(33)32(24(31)35)18-4-8-20(9-5-18)37-25(26,27)28/h2-12,15,33H,13-14H2,1H3,(H,30,34). The number of ether oxygens (including phenoxy) is 2. The van der Waals surface area contributed by atoms with Crippen LogP contribution in [-0.4, -0.2) is 38.6 Å². The molecule has 0 spiro atoms. The second-order valence-corrected chi connectivity index (χ2v) is 7.85. The second-order valence-electron chi connectivity index (χ2n) is 7.85. The van der Waals surface area contributed by atoms with Crippen LogP contribution in [0.1, 0.15) is 21.6 Å². The lowest BCUT2D eigenvalue weighted by Gasteiger charge is -2.09. The first kappa shape index (κ1) is 25.4. The molecule has 37 heavy (non-hydrogen) atoms. The third-order valence-electron chi connectivity index (χ3n) is 5.29. The molecule has 0 aliphatic carbocycles. The summed E-state index contributed by atoms with van der Waals surface area (Å²) >= 11 is 0. The molecule has 0 saturated heterocycles. The Hall–Kier alpha value is -4.74. The Morgan fingerprint density at radius 1 is 1.03 bits per heavy atom. The number of nitrogens with zero attached hydrogens (tertiary/aromatic N) is 3. The normalized spacial score (nSPS) is 11.2. The van der Waals surface area contributed by atoms with Crippen molar-refractivity contribution in [2.24, 2.45) is 0 Å². The summed E-state index contributed by atoms with van der Waals surface area (Å²) in [6, 6.07) is 14.8. The number of alkyl halides is 3. The van der Waals surface area contributed by atoms with Crippen LogP contribution in [0.25, 0.3) is 5.69 Å². The van der Waals surface area contributed by atoms with Crippen LogP contribution in [0, 0.1) is 0 Å². The van der Waals surface area contributed by atoms with Crippen molar-refractivity contribution in [2.45, 2.75) is 19.5 Å². The molecule has 1 amide bonds. The number of nitrogens with one attached hydrogen (secondary N) is 1. The average Bonchev–Trinajstić information content (AvgIpc) is 3.15. The first-order valence-electron chi connectivity index (χ1n) is 10.9. The van der Waals surface area contributed by atoms with E-state index in [0.29, 0.717) is 11.3 Å². The van der Waals surface area contributed by atoms with Gasteiger partial charge in [0.1, 0.15) is 17.2 Å². The maximum atomic E-state index is 12.9. The zero-order valence-electron chi connectivity index (χ0n) is 19.4. The maximum absolute atomic E-state index is 12.9. The highest BCUT2D eigenvalue weighted by Gasteiger charge is 2.31. The van der Waals surface area contributed by atoms with Crippen LogP contribution in [0.5, 0.6) is 17.4 Å². The average molecular weight is 514 g/mol. The molecule has 2 aromatic heterocycles. The molecule has 12 heteroatoms. The van der Waals surface area contributed by atoms with E-state index >= 15 is 0 Å². The molecule has 0 radical (unpaired) electrons. The molecule has 2 heterocycles. The fraction of sp³-hybridized carbons (Fsp3) is 0.160. The van der Waals surface area contributed by atoms with E-state index < -0.39 is 29.6 Å². The van der Waals surface area contributed by atoms with Crippen molar-refractivity contribution in [3.05, 3.63) is 100 Å². The fourth-order valence-corrected chi connectivity index (χ4v) is 3.54. The van der Waals surface area contributed by atoms with Crippen molar-refractivity contribution >= 4 is 5.91 Å². The topological polar surface area (TPSA) is 108 Å². The Morgan fingerprint density at radius 3 is 2.35 bits per heavy atom. The zero-order chi connectivity index (χ0) is 26.6. The molecule has 0 aliphatic heterocycles. The van der Waals surface area contributed by atoms with Crippen LogP contribution in [0.3, 0.4) is 0 Å². The molecule has 0 fully saturated rings. The number of carbonyl (C=O) groups is 1. The van der Waals surface area contributed by atoms with Crippen LogP contribution in [0.15, 0.2) is 77.9 Å². The van der Waals surface area contributed by atoms with Gasteiger partial charge in [-0.25, -0.2) is 9.36 Å². The van der Waals surface area contributed by atoms with Gasteiger partial charge in [0, 0.05) is 12.7 Å². The molecular weight excluding hydrogens is 493 g/mol. The molecule has 9 nitrogen and oxygen atoms in total. The van der Waals surface area contributed by atoms with Crippen molar-refractivity contribution < 1.29 is 32.5 Å². The van der Waals surface area contributed by atoms with E-state index in [-0.39, 0.29) is 24.5 Å². The molecule has 2 aromatic carbocycles. The van der Waals surface area contributed by atoms with Crippen molar-refractivity contribution in [1.29, 1.82) is 0 Å². The van der Waals surface area contributed by atoms with Crippen LogP contribution in [0.2, 0.25) is 0 Å². The molecule has 4 aromatic rings. The summed E-state index contributed by atoms with van der Waals surface area (Å²) in [5, 5.41) is 13.1. The summed E-state index contributed by atoms with van der Waals surface area (Å²) in [6.07, 6.45) is -2.23. The molecule has 0 aliphatic rings. The molecule has 4 rings (SSSR count). The summed E-state index contributed by atoms with van der Waals surface area (Å²) in [5.74, 6) is -0.586. The molecule has 0 saturated carbocycles. The minimum atomic E-state index is -4.85. The number of pyridine rings is 1. The highest BCUT2D eigenvalue weighted by molar-refractivity contribution is 5.92. The third-order valence-corrected chi connectivity index (χ3v) is 5.29. The Balaban J connectivity index is 1.46. The number of amides is 1. The lowest BCUT2D eigenvalue weighted by Crippen LogP contribution is -2.25. The van der Waals surface area contributed by atoms with E-state index in [2.05, 4.69) is 15.0 Å². The number of rotatable bonds is 8. The Labute approximate surface area is 208 Å². The lowest BCUT2D eigenvalue weighted by molar-refractivity contribution is -0.274. The summed E-state index contributed by atoms with van der Waals surface area (Å²) in [6.45, 7) is 0.285. The number of aromatic nitrogens is 3. The van der Waals surface area contributed by atoms with E-state index in [1.54, 1.807) is 25.3 Å². The predicted octanol–water partition coefficient (Wildman–Crippen LogP) is 3.63. The van der Waals surface area contributed by atoms with E-state index in [1.165, 1.54) is 35.2 Å². The Kier molecular flexibility index (Phi) is 7.18. The number of hydrogen-bond acceptors (Lipinski definition) is 6. The molecule has 192 valence electrons. The highest BCUT2D eigenvalue weighted by Crippen LogP contribution is 2.24. The predicted molar refractivity (Wildman–Crippen MR) is 126 cm³/mol. The van der Waals surface area contributed by atoms with E-state index in [0.717, 1.165) is 22.3 Å². The SMILES string of the molecule is COc1ccc(CNC(=O)c2cc(Cn3cc(O)n(-c4ccc(OC(F)(F)F)cc4)c3=O)ccn2)cc1. The van der Waals surface area contributed by atoms with Crippen molar-refractivity contribution in [3.8, 4) is 23.1 Å². The Bertz CT molecular complexity index is 1450. The number of halogens is 3. The van der Waals surface area contributed by atoms with Gasteiger partial charge >= 0.3 is 12.1 Å².